The Bertz CT molecular complexity index is 1120. The minimum Gasteiger partial charge on any atom is -0.332 e. The maximum absolute atomic E-state index is 13.9. The van der Waals surface area contributed by atoms with Crippen LogP contribution in [0.25, 0.3) is 17.3 Å². The normalized spacial score (nSPS) is 17.2. The van der Waals surface area contributed by atoms with Crippen molar-refractivity contribution in [3.63, 3.8) is 0 Å². The van der Waals surface area contributed by atoms with Crippen LogP contribution in [0.3, 0.4) is 0 Å². The van der Waals surface area contributed by atoms with Crippen LogP contribution in [-0.2, 0) is 6.54 Å². The fraction of sp³-hybridized carbons (Fsp3) is 0.455. The highest BCUT2D eigenvalue weighted by Crippen LogP contribution is 2.43. The van der Waals surface area contributed by atoms with Gasteiger partial charge in [0.05, 0.1) is 29.5 Å². The number of rotatable bonds is 7. The van der Waals surface area contributed by atoms with E-state index in [9.17, 15) is 9.18 Å². The molecule has 1 saturated heterocycles. The zero-order valence-electron chi connectivity index (χ0n) is 17.7. The van der Waals surface area contributed by atoms with Gasteiger partial charge in [-0.25, -0.2) is 9.37 Å². The quantitative estimate of drug-likeness (QED) is 0.577. The smallest absolute Gasteiger partial charge is 0.278 e. The first kappa shape index (κ1) is 19.9. The molecule has 0 unspecified atom stereocenters. The van der Waals surface area contributed by atoms with Gasteiger partial charge in [-0.3, -0.25) is 14.3 Å². The number of nitrogens with zero attached hydrogens (tertiary/aromatic N) is 6. The molecule has 3 aromatic rings. The average molecular weight is 424 g/mol. The van der Waals surface area contributed by atoms with Crippen LogP contribution in [-0.4, -0.2) is 55.0 Å². The van der Waals surface area contributed by atoms with Crippen molar-refractivity contribution in [3.05, 3.63) is 47.4 Å². The second-order valence-electron chi connectivity index (χ2n) is 8.10. The van der Waals surface area contributed by atoms with Gasteiger partial charge >= 0.3 is 0 Å². The van der Waals surface area contributed by atoms with Crippen molar-refractivity contribution in [3.8, 4) is 17.3 Å². The van der Waals surface area contributed by atoms with Crippen molar-refractivity contribution in [1.29, 1.82) is 0 Å². The predicted molar refractivity (Wildman–Crippen MR) is 111 cm³/mol. The average Bonchev–Trinajstić information content (AvgIpc) is 3.33. The summed E-state index contributed by atoms with van der Waals surface area (Å²) in [4.78, 5) is 26.2. The summed E-state index contributed by atoms with van der Waals surface area (Å²) in [6, 6.07) is 4.13. The molecular weight excluding hydrogens is 399 g/mol. The number of fused-ring (bicyclic) bond motifs is 5. The van der Waals surface area contributed by atoms with Crippen molar-refractivity contribution < 1.29 is 13.7 Å². The number of carbonyl (C=O) groups is 1. The Balaban J connectivity index is 1.53. The second-order valence-corrected chi connectivity index (χ2v) is 8.10. The van der Waals surface area contributed by atoms with Gasteiger partial charge in [0.25, 0.3) is 11.8 Å². The van der Waals surface area contributed by atoms with Crippen LogP contribution in [0.5, 0.6) is 0 Å². The van der Waals surface area contributed by atoms with Crippen molar-refractivity contribution in [1.82, 2.24) is 29.5 Å². The number of benzene rings is 1. The molecule has 4 heterocycles. The zero-order chi connectivity index (χ0) is 21.5. The van der Waals surface area contributed by atoms with Crippen molar-refractivity contribution in [2.24, 2.45) is 0 Å². The van der Waals surface area contributed by atoms with Crippen LogP contribution in [0.1, 0.15) is 61.0 Å². The molecule has 0 saturated carbocycles. The third kappa shape index (κ3) is 3.33. The van der Waals surface area contributed by atoms with Gasteiger partial charge in [-0.1, -0.05) is 19.0 Å². The maximum atomic E-state index is 13.9. The van der Waals surface area contributed by atoms with Crippen molar-refractivity contribution in [2.75, 3.05) is 19.6 Å². The van der Waals surface area contributed by atoms with E-state index in [1.54, 1.807) is 17.3 Å². The molecule has 9 heteroatoms. The second kappa shape index (κ2) is 7.88. The molecule has 2 aliphatic heterocycles. The van der Waals surface area contributed by atoms with Crippen LogP contribution in [0.4, 0.5) is 4.39 Å². The summed E-state index contributed by atoms with van der Waals surface area (Å²) in [7, 11) is 0. The van der Waals surface area contributed by atoms with E-state index in [-0.39, 0.29) is 11.9 Å². The molecule has 1 aromatic carbocycles. The monoisotopic (exact) mass is 424 g/mol. The van der Waals surface area contributed by atoms with Gasteiger partial charge in [0.1, 0.15) is 12.1 Å². The van der Waals surface area contributed by atoms with E-state index in [1.165, 1.54) is 12.1 Å². The molecule has 31 heavy (non-hydrogen) atoms. The van der Waals surface area contributed by atoms with E-state index in [4.69, 9.17) is 4.52 Å². The molecule has 0 N–H and O–H groups in total. The first-order chi connectivity index (χ1) is 15.1. The van der Waals surface area contributed by atoms with Gasteiger partial charge in [-0.15, -0.1) is 0 Å². The molecule has 0 spiro atoms. The molecule has 8 nitrogen and oxygen atoms in total. The number of halogens is 1. The van der Waals surface area contributed by atoms with E-state index >= 15 is 0 Å². The summed E-state index contributed by atoms with van der Waals surface area (Å²) in [5.41, 5.74) is 2.37. The molecule has 162 valence electrons. The van der Waals surface area contributed by atoms with Crippen LogP contribution < -0.4 is 0 Å². The minimum atomic E-state index is -0.432. The molecule has 1 fully saturated rings. The lowest BCUT2D eigenvalue weighted by Gasteiger charge is -2.39. The summed E-state index contributed by atoms with van der Waals surface area (Å²) in [5.74, 6) is 0.373. The van der Waals surface area contributed by atoms with Crippen LogP contribution >= 0.6 is 0 Å². The Hall–Kier alpha value is -3.07. The number of amides is 1. The lowest BCUT2D eigenvalue weighted by Crippen LogP contribution is -2.44. The number of hydrogen-bond donors (Lipinski definition) is 0. The summed E-state index contributed by atoms with van der Waals surface area (Å²) < 4.78 is 21.3. The molecular formula is C22H25FN6O2. The Morgan fingerprint density at radius 1 is 1.26 bits per heavy atom. The van der Waals surface area contributed by atoms with Crippen LogP contribution in [0.2, 0.25) is 0 Å². The van der Waals surface area contributed by atoms with E-state index < -0.39 is 5.82 Å². The van der Waals surface area contributed by atoms with Crippen molar-refractivity contribution >= 4 is 5.91 Å². The lowest BCUT2D eigenvalue weighted by atomic mass is 9.97. The number of aromatic nitrogens is 4. The first-order valence-corrected chi connectivity index (χ1v) is 10.8. The zero-order valence-corrected chi connectivity index (χ0v) is 17.7. The molecule has 5 rings (SSSR count). The molecule has 0 aliphatic carbocycles. The van der Waals surface area contributed by atoms with E-state index in [1.807, 2.05) is 4.57 Å². The fourth-order valence-electron chi connectivity index (χ4n) is 4.51. The molecule has 1 amide bonds. The van der Waals surface area contributed by atoms with E-state index in [0.717, 1.165) is 38.0 Å². The SMILES string of the molecule is CCCN(CCC)Cc1noc(-c2ncn3c2[C@@H]2CCN2C(=O)c2cc(F)ccc2-3)n1. The molecule has 2 aromatic heterocycles. The van der Waals surface area contributed by atoms with Gasteiger partial charge < -0.3 is 9.42 Å². The minimum absolute atomic E-state index is 0.146. The predicted octanol–water partition coefficient (Wildman–Crippen LogP) is 3.58. The Kier molecular flexibility index (Phi) is 5.05. The highest BCUT2D eigenvalue weighted by molar-refractivity contribution is 5.99. The number of imidazole rings is 1. The Morgan fingerprint density at radius 3 is 2.77 bits per heavy atom. The van der Waals surface area contributed by atoms with Gasteiger partial charge in [0, 0.05) is 6.54 Å². The molecule has 2 aliphatic rings. The summed E-state index contributed by atoms with van der Waals surface area (Å²) in [6.07, 6.45) is 4.58. The first-order valence-electron chi connectivity index (χ1n) is 10.8. The third-order valence-electron chi connectivity index (χ3n) is 5.96. The number of hydrogen-bond acceptors (Lipinski definition) is 6. The van der Waals surface area contributed by atoms with Crippen LogP contribution in [0.15, 0.2) is 29.0 Å². The van der Waals surface area contributed by atoms with Gasteiger partial charge in [0.15, 0.2) is 11.5 Å². The number of carbonyl (C=O) groups excluding carboxylic acids is 1. The fourth-order valence-corrected chi connectivity index (χ4v) is 4.51. The lowest BCUT2D eigenvalue weighted by molar-refractivity contribution is 0.0461. The van der Waals surface area contributed by atoms with Crippen molar-refractivity contribution in [2.45, 2.75) is 45.7 Å². The Labute approximate surface area is 179 Å². The highest BCUT2D eigenvalue weighted by atomic mass is 19.1. The molecule has 0 radical (unpaired) electrons. The van der Waals surface area contributed by atoms with E-state index in [2.05, 4.69) is 33.9 Å². The highest BCUT2D eigenvalue weighted by Gasteiger charge is 2.42. The standard InChI is InChI=1S/C22H25FN6O2/c1-3-8-27(9-4-2)12-18-25-21(31-26-18)19-20-17-7-10-28(17)22(30)15-11-14(23)5-6-16(15)29(20)13-24-19/h5-6,11,13,17H,3-4,7-10,12H2,1-2H3/t17-/m0/s1. The van der Waals surface area contributed by atoms with Gasteiger partial charge in [0.2, 0.25) is 0 Å². The topological polar surface area (TPSA) is 80.3 Å². The molecule has 0 bridgehead atoms. The summed E-state index contributed by atoms with van der Waals surface area (Å²) >= 11 is 0. The van der Waals surface area contributed by atoms with Gasteiger partial charge in [-0.05, 0) is 50.6 Å². The maximum Gasteiger partial charge on any atom is 0.278 e. The molecule has 1 atom stereocenters. The van der Waals surface area contributed by atoms with E-state index in [0.29, 0.717) is 41.7 Å². The third-order valence-corrected chi connectivity index (χ3v) is 5.96. The largest absolute Gasteiger partial charge is 0.332 e. The Morgan fingerprint density at radius 2 is 2.06 bits per heavy atom. The van der Waals surface area contributed by atoms with Crippen LogP contribution in [0, 0.1) is 5.82 Å². The summed E-state index contributed by atoms with van der Waals surface area (Å²) in [5, 5.41) is 4.17. The van der Waals surface area contributed by atoms with Gasteiger partial charge in [-0.2, -0.15) is 4.98 Å². The summed E-state index contributed by atoms with van der Waals surface area (Å²) in [6.45, 7) is 7.51.